The molecule has 4 nitrogen and oxygen atoms in total. The second-order valence-corrected chi connectivity index (χ2v) is 4.44. The third kappa shape index (κ3) is 3.68. The minimum absolute atomic E-state index is 0.230. The number of hydrogen-bond donors (Lipinski definition) is 0. The molecule has 2 aromatic rings. The zero-order valence-electron chi connectivity index (χ0n) is 11.6. The van der Waals surface area contributed by atoms with E-state index in [0.717, 1.165) is 22.3 Å². The van der Waals surface area contributed by atoms with Crippen LogP contribution in [0.15, 0.2) is 53.7 Å². The lowest BCUT2D eigenvalue weighted by Gasteiger charge is -2.08. The Balaban J connectivity index is 2.13. The van der Waals surface area contributed by atoms with Crippen molar-refractivity contribution in [3.63, 3.8) is 0 Å². The van der Waals surface area contributed by atoms with Gasteiger partial charge in [-0.2, -0.15) is 10.5 Å². The molecule has 0 heterocycles. The molecule has 102 valence electrons. The fourth-order valence-electron chi connectivity index (χ4n) is 1.90. The van der Waals surface area contributed by atoms with Gasteiger partial charge >= 0.3 is 0 Å². The lowest BCUT2D eigenvalue weighted by Crippen LogP contribution is -1.95. The van der Waals surface area contributed by atoms with Gasteiger partial charge in [-0.1, -0.05) is 53.7 Å². The van der Waals surface area contributed by atoms with Gasteiger partial charge in [0.1, 0.15) is 18.7 Å². The van der Waals surface area contributed by atoms with E-state index in [4.69, 9.17) is 15.4 Å². The van der Waals surface area contributed by atoms with Gasteiger partial charge in [0.25, 0.3) is 5.71 Å². The Morgan fingerprint density at radius 1 is 1.05 bits per heavy atom. The number of rotatable bonds is 4. The van der Waals surface area contributed by atoms with E-state index in [1.807, 2.05) is 37.3 Å². The van der Waals surface area contributed by atoms with Crippen molar-refractivity contribution in [2.45, 2.75) is 13.5 Å². The lowest BCUT2D eigenvalue weighted by molar-refractivity contribution is 0.131. The van der Waals surface area contributed by atoms with Gasteiger partial charge < -0.3 is 4.84 Å². The zero-order chi connectivity index (χ0) is 15.1. The van der Waals surface area contributed by atoms with Crippen molar-refractivity contribution in [3.05, 3.63) is 59.7 Å². The normalized spacial score (nSPS) is 9.29. The number of aryl methyl sites for hydroxylation is 1. The second-order valence-electron chi connectivity index (χ2n) is 4.44. The van der Waals surface area contributed by atoms with Crippen LogP contribution in [0.2, 0.25) is 0 Å². The summed E-state index contributed by atoms with van der Waals surface area (Å²) < 4.78 is 0. The molecular weight excluding hydrogens is 262 g/mol. The van der Waals surface area contributed by atoms with Crippen molar-refractivity contribution in [2.24, 2.45) is 5.16 Å². The Morgan fingerprint density at radius 2 is 1.76 bits per heavy atom. The molecule has 2 rings (SSSR count). The number of benzene rings is 2. The Bertz CT molecular complexity index is 721. The van der Waals surface area contributed by atoms with Gasteiger partial charge in [-0.3, -0.25) is 0 Å². The lowest BCUT2D eigenvalue weighted by atomic mass is 10.0. The summed E-state index contributed by atoms with van der Waals surface area (Å²) in [6, 6.07) is 19.5. The molecule has 0 aromatic heterocycles. The average molecular weight is 275 g/mol. The van der Waals surface area contributed by atoms with Crippen molar-refractivity contribution in [1.82, 2.24) is 0 Å². The van der Waals surface area contributed by atoms with Crippen LogP contribution in [0.4, 0.5) is 0 Å². The maximum absolute atomic E-state index is 8.56. The molecule has 2 aromatic carbocycles. The Morgan fingerprint density at radius 3 is 2.38 bits per heavy atom. The maximum Gasteiger partial charge on any atom is 0.256 e. The first kappa shape index (κ1) is 14.3. The van der Waals surface area contributed by atoms with E-state index in [2.05, 4.69) is 23.4 Å². The van der Waals surface area contributed by atoms with Gasteiger partial charge in [0.2, 0.25) is 0 Å². The second kappa shape index (κ2) is 6.88. The molecule has 0 atom stereocenters. The smallest absolute Gasteiger partial charge is 0.256 e. The first-order chi connectivity index (χ1) is 10.2. The standard InChI is InChI=1S/C17H13N3O/c1-13-9-15(14-5-3-2-4-6-14)7-8-16(13)12-21-20-17(10-18)11-19/h2-9H,12H2,1H3. The van der Waals surface area contributed by atoms with Crippen LogP contribution in [-0.2, 0) is 11.4 Å². The molecular formula is C17H13N3O. The van der Waals surface area contributed by atoms with Crippen LogP contribution in [0.5, 0.6) is 0 Å². The van der Waals surface area contributed by atoms with Crippen LogP contribution < -0.4 is 0 Å². The minimum atomic E-state index is -0.284. The SMILES string of the molecule is Cc1cc(-c2ccccc2)ccc1CON=C(C#N)C#N. The monoisotopic (exact) mass is 275 g/mol. The van der Waals surface area contributed by atoms with Gasteiger partial charge in [-0.05, 0) is 29.2 Å². The molecule has 0 unspecified atom stereocenters. The maximum atomic E-state index is 8.56. The van der Waals surface area contributed by atoms with Gasteiger partial charge in [-0.25, -0.2) is 0 Å². The van der Waals surface area contributed by atoms with Gasteiger partial charge in [-0.15, -0.1) is 0 Å². The fourth-order valence-corrected chi connectivity index (χ4v) is 1.90. The van der Waals surface area contributed by atoms with Crippen LogP contribution in [0.3, 0.4) is 0 Å². The summed E-state index contributed by atoms with van der Waals surface area (Å²) >= 11 is 0. The summed E-state index contributed by atoms with van der Waals surface area (Å²) in [5.41, 5.74) is 4.04. The zero-order valence-corrected chi connectivity index (χ0v) is 11.6. The molecule has 0 aliphatic carbocycles. The van der Waals surface area contributed by atoms with Crippen LogP contribution in [0.25, 0.3) is 11.1 Å². The highest BCUT2D eigenvalue weighted by atomic mass is 16.6. The van der Waals surface area contributed by atoms with Crippen molar-refractivity contribution < 1.29 is 4.84 Å². The van der Waals surface area contributed by atoms with Crippen molar-refractivity contribution >= 4 is 5.71 Å². The Hall–Kier alpha value is -3.11. The predicted octanol–water partition coefficient (Wildman–Crippen LogP) is 3.58. The summed E-state index contributed by atoms with van der Waals surface area (Å²) in [7, 11) is 0. The van der Waals surface area contributed by atoms with E-state index >= 15 is 0 Å². The molecule has 0 aliphatic heterocycles. The van der Waals surface area contributed by atoms with Gasteiger partial charge in [0, 0.05) is 0 Å². The highest BCUT2D eigenvalue weighted by molar-refractivity contribution is 6.09. The fraction of sp³-hybridized carbons (Fsp3) is 0.118. The third-order valence-corrected chi connectivity index (χ3v) is 3.04. The number of oxime groups is 1. The number of nitrogens with zero attached hydrogens (tertiary/aromatic N) is 3. The summed E-state index contributed by atoms with van der Waals surface area (Å²) in [4.78, 5) is 5.03. The topological polar surface area (TPSA) is 69.2 Å². The predicted molar refractivity (Wildman–Crippen MR) is 80.1 cm³/mol. The molecule has 0 bridgehead atoms. The van der Waals surface area contributed by atoms with E-state index in [0.29, 0.717) is 0 Å². The number of nitriles is 2. The van der Waals surface area contributed by atoms with Crippen molar-refractivity contribution in [2.75, 3.05) is 0 Å². The quantitative estimate of drug-likeness (QED) is 0.632. The summed E-state index contributed by atoms with van der Waals surface area (Å²) in [6.45, 7) is 2.22. The van der Waals surface area contributed by atoms with Crippen LogP contribution >= 0.6 is 0 Å². The summed E-state index contributed by atoms with van der Waals surface area (Å²) in [6.07, 6.45) is 0. The van der Waals surface area contributed by atoms with E-state index in [9.17, 15) is 0 Å². The molecule has 0 N–H and O–H groups in total. The van der Waals surface area contributed by atoms with Crippen LogP contribution in [-0.4, -0.2) is 5.71 Å². The van der Waals surface area contributed by atoms with E-state index in [-0.39, 0.29) is 12.3 Å². The Kier molecular flexibility index (Phi) is 4.69. The average Bonchev–Trinajstić information content (AvgIpc) is 2.53. The van der Waals surface area contributed by atoms with Crippen molar-refractivity contribution in [1.29, 1.82) is 10.5 Å². The van der Waals surface area contributed by atoms with E-state index in [1.54, 1.807) is 12.1 Å². The molecule has 0 saturated heterocycles. The molecule has 0 saturated carbocycles. The Labute approximate surface area is 123 Å². The van der Waals surface area contributed by atoms with Crippen molar-refractivity contribution in [3.8, 4) is 23.3 Å². The molecule has 0 amide bonds. The molecule has 0 fully saturated rings. The molecule has 0 radical (unpaired) electrons. The summed E-state index contributed by atoms with van der Waals surface area (Å²) in [5, 5.41) is 20.6. The first-order valence-corrected chi connectivity index (χ1v) is 6.39. The van der Waals surface area contributed by atoms with Gasteiger partial charge in [0.15, 0.2) is 0 Å². The summed E-state index contributed by atoms with van der Waals surface area (Å²) in [5.74, 6) is 0. The molecule has 21 heavy (non-hydrogen) atoms. The van der Waals surface area contributed by atoms with Crippen LogP contribution in [0.1, 0.15) is 11.1 Å². The molecule has 4 heteroatoms. The molecule has 0 spiro atoms. The minimum Gasteiger partial charge on any atom is -0.389 e. The van der Waals surface area contributed by atoms with E-state index in [1.165, 1.54) is 0 Å². The largest absolute Gasteiger partial charge is 0.389 e. The highest BCUT2D eigenvalue weighted by Crippen LogP contribution is 2.22. The number of hydrogen-bond acceptors (Lipinski definition) is 4. The third-order valence-electron chi connectivity index (χ3n) is 3.04. The van der Waals surface area contributed by atoms with Crippen LogP contribution in [0, 0.1) is 29.6 Å². The van der Waals surface area contributed by atoms with Gasteiger partial charge in [0.05, 0.1) is 0 Å². The molecule has 0 aliphatic rings. The van der Waals surface area contributed by atoms with E-state index < -0.39 is 0 Å². The highest BCUT2D eigenvalue weighted by Gasteiger charge is 2.03. The first-order valence-electron chi connectivity index (χ1n) is 6.39.